The molecule has 0 unspecified atom stereocenters. The topological polar surface area (TPSA) is 66.8 Å². The van der Waals surface area contributed by atoms with E-state index in [0.717, 1.165) is 22.4 Å². The van der Waals surface area contributed by atoms with Crippen LogP contribution in [0.15, 0.2) is 47.5 Å². The number of anilines is 1. The Morgan fingerprint density at radius 1 is 1.14 bits per heavy atom. The molecule has 2 aliphatic rings. The molecule has 0 N–H and O–H groups in total. The average molecular weight is 449 g/mol. The normalized spacial score (nSPS) is 24.1. The summed E-state index contributed by atoms with van der Waals surface area (Å²) in [7, 11) is -3.09. The quantitative estimate of drug-likeness (QED) is 0.714. The number of benzene rings is 2. The Labute approximate surface area is 180 Å². The van der Waals surface area contributed by atoms with Gasteiger partial charge in [-0.1, -0.05) is 41.6 Å². The highest BCUT2D eigenvalue weighted by molar-refractivity contribution is 8.16. The number of nitrogens with zero attached hydrogens (tertiary/aromatic N) is 2. The third kappa shape index (κ3) is 4.52. The molecule has 29 heavy (non-hydrogen) atoms. The largest absolute Gasteiger partial charge is 0.316 e. The number of aryl methyl sites for hydroxylation is 2. The zero-order valence-electron chi connectivity index (χ0n) is 16.1. The van der Waals surface area contributed by atoms with Gasteiger partial charge >= 0.3 is 0 Å². The number of halogens is 1. The minimum absolute atomic E-state index is 0.0854. The van der Waals surface area contributed by atoms with Crippen LogP contribution in [-0.2, 0) is 21.1 Å². The maximum absolute atomic E-state index is 12.6. The number of carbonyl (C=O) groups excluding carboxylic acids is 1. The highest BCUT2D eigenvalue weighted by Gasteiger charge is 2.49. The average Bonchev–Trinajstić information content (AvgIpc) is 3.06. The summed E-state index contributed by atoms with van der Waals surface area (Å²) in [6.45, 7) is 4.01. The lowest BCUT2D eigenvalue weighted by Crippen LogP contribution is -2.37. The van der Waals surface area contributed by atoms with Crippen LogP contribution in [0.5, 0.6) is 0 Å². The predicted octanol–water partition coefficient (Wildman–Crippen LogP) is 3.80. The Hall–Kier alpha value is -1.83. The molecule has 8 heteroatoms. The summed E-state index contributed by atoms with van der Waals surface area (Å²) in [5, 5.41) is 1.09. The smallest absolute Gasteiger partial charge is 0.252 e. The predicted molar refractivity (Wildman–Crippen MR) is 120 cm³/mol. The summed E-state index contributed by atoms with van der Waals surface area (Å²) in [5.41, 5.74) is 3.90. The standard InChI is InChI=1S/C21H21ClN2O3S2/c1-13-7-14(2)9-17(8-13)24-18-11-29(26,27)12-19(18)28-21(24)23-20(25)10-15-3-5-16(22)6-4-15/h3-9,18-19H,10-12H2,1-2H3/t18-,19-/m1/s1. The molecule has 0 radical (unpaired) electrons. The number of hydrogen-bond donors (Lipinski definition) is 0. The summed E-state index contributed by atoms with van der Waals surface area (Å²) in [6, 6.07) is 13.0. The van der Waals surface area contributed by atoms with Gasteiger partial charge in [0.15, 0.2) is 15.0 Å². The Balaban J connectivity index is 1.66. The van der Waals surface area contributed by atoms with Gasteiger partial charge in [0.1, 0.15) is 0 Å². The van der Waals surface area contributed by atoms with Gasteiger partial charge in [-0.15, -0.1) is 0 Å². The Morgan fingerprint density at radius 3 is 2.45 bits per heavy atom. The van der Waals surface area contributed by atoms with E-state index >= 15 is 0 Å². The third-order valence-corrected chi connectivity index (χ3v) is 8.50. The zero-order valence-corrected chi connectivity index (χ0v) is 18.5. The van der Waals surface area contributed by atoms with E-state index < -0.39 is 9.84 Å². The molecular formula is C21H21ClN2O3S2. The van der Waals surface area contributed by atoms with Crippen LogP contribution in [0.4, 0.5) is 5.69 Å². The van der Waals surface area contributed by atoms with Crippen molar-refractivity contribution in [2.75, 3.05) is 16.4 Å². The number of hydrogen-bond acceptors (Lipinski definition) is 4. The Bertz CT molecular complexity index is 1080. The van der Waals surface area contributed by atoms with E-state index in [1.54, 1.807) is 12.1 Å². The lowest BCUT2D eigenvalue weighted by molar-refractivity contribution is -0.117. The number of amides is 1. The number of amidine groups is 1. The van der Waals surface area contributed by atoms with E-state index in [1.165, 1.54) is 11.8 Å². The van der Waals surface area contributed by atoms with Crippen LogP contribution in [0.3, 0.4) is 0 Å². The summed E-state index contributed by atoms with van der Waals surface area (Å²) >= 11 is 7.30. The molecule has 2 atom stereocenters. The van der Waals surface area contributed by atoms with Crippen LogP contribution in [0.25, 0.3) is 0 Å². The number of fused-ring (bicyclic) bond motifs is 1. The molecule has 2 heterocycles. The summed E-state index contributed by atoms with van der Waals surface area (Å²) in [4.78, 5) is 19.0. The highest BCUT2D eigenvalue weighted by Crippen LogP contribution is 2.41. The van der Waals surface area contributed by atoms with Crippen LogP contribution in [0, 0.1) is 13.8 Å². The monoisotopic (exact) mass is 448 g/mol. The minimum Gasteiger partial charge on any atom is -0.316 e. The molecule has 2 fully saturated rings. The minimum atomic E-state index is -3.09. The molecule has 0 aliphatic carbocycles. The van der Waals surface area contributed by atoms with E-state index in [4.69, 9.17) is 11.6 Å². The van der Waals surface area contributed by atoms with Gasteiger partial charge < -0.3 is 4.90 Å². The first kappa shape index (κ1) is 20.4. The van der Waals surface area contributed by atoms with E-state index in [9.17, 15) is 13.2 Å². The van der Waals surface area contributed by atoms with Gasteiger partial charge in [-0.25, -0.2) is 8.42 Å². The van der Waals surface area contributed by atoms with E-state index in [-0.39, 0.29) is 35.1 Å². The molecule has 4 rings (SSSR count). The number of aliphatic imine (C=N–C) groups is 1. The number of thioether (sulfide) groups is 1. The first-order valence-corrected chi connectivity index (χ1v) is 12.4. The van der Waals surface area contributed by atoms with Crippen molar-refractivity contribution in [3.8, 4) is 0 Å². The lowest BCUT2D eigenvalue weighted by Gasteiger charge is -2.25. The number of carbonyl (C=O) groups is 1. The van der Waals surface area contributed by atoms with Gasteiger partial charge in [-0.2, -0.15) is 4.99 Å². The van der Waals surface area contributed by atoms with Crippen molar-refractivity contribution < 1.29 is 13.2 Å². The van der Waals surface area contributed by atoms with E-state index in [2.05, 4.69) is 11.1 Å². The molecule has 0 aromatic heterocycles. The Kier molecular flexibility index (Phi) is 5.48. The number of sulfone groups is 1. The lowest BCUT2D eigenvalue weighted by atomic mass is 10.1. The van der Waals surface area contributed by atoms with Crippen molar-refractivity contribution in [3.05, 3.63) is 64.2 Å². The molecule has 2 aromatic carbocycles. The van der Waals surface area contributed by atoms with Gasteiger partial charge in [0.05, 0.1) is 24.0 Å². The maximum Gasteiger partial charge on any atom is 0.252 e. The molecule has 0 saturated carbocycles. The molecule has 1 amide bonds. The van der Waals surface area contributed by atoms with Gasteiger partial charge in [0.25, 0.3) is 5.91 Å². The molecule has 2 aromatic rings. The molecule has 2 saturated heterocycles. The van der Waals surface area contributed by atoms with Crippen molar-refractivity contribution >= 4 is 50.0 Å². The summed E-state index contributed by atoms with van der Waals surface area (Å²) in [6.07, 6.45) is 0.176. The zero-order chi connectivity index (χ0) is 20.8. The highest BCUT2D eigenvalue weighted by atomic mass is 35.5. The van der Waals surface area contributed by atoms with E-state index in [0.29, 0.717) is 10.2 Å². The fourth-order valence-corrected chi connectivity index (χ4v) is 7.94. The molecular weight excluding hydrogens is 428 g/mol. The molecule has 152 valence electrons. The summed E-state index contributed by atoms with van der Waals surface area (Å²) < 4.78 is 24.4. The SMILES string of the molecule is Cc1cc(C)cc(N2C(=NC(=O)Cc3ccc(Cl)cc3)S[C@@H]3CS(=O)(=O)C[C@H]32)c1. The van der Waals surface area contributed by atoms with Crippen molar-refractivity contribution in [2.45, 2.75) is 31.6 Å². The summed E-state index contributed by atoms with van der Waals surface area (Å²) in [5.74, 6) is -0.0529. The molecule has 0 spiro atoms. The second kappa shape index (κ2) is 7.78. The molecule has 5 nitrogen and oxygen atoms in total. The van der Waals surface area contributed by atoms with Crippen LogP contribution >= 0.6 is 23.4 Å². The van der Waals surface area contributed by atoms with E-state index in [1.807, 2.05) is 43.0 Å². The van der Waals surface area contributed by atoms with Crippen molar-refractivity contribution in [3.63, 3.8) is 0 Å². The molecule has 2 aliphatic heterocycles. The van der Waals surface area contributed by atoms with Crippen LogP contribution in [0.1, 0.15) is 16.7 Å². The van der Waals surface area contributed by atoms with Crippen LogP contribution < -0.4 is 4.90 Å². The second-order valence-electron chi connectivity index (χ2n) is 7.61. The van der Waals surface area contributed by atoms with Crippen LogP contribution in [0.2, 0.25) is 5.02 Å². The third-order valence-electron chi connectivity index (χ3n) is 5.04. The van der Waals surface area contributed by atoms with Crippen molar-refractivity contribution in [1.29, 1.82) is 0 Å². The molecule has 0 bridgehead atoms. The van der Waals surface area contributed by atoms with Gasteiger partial charge in [0, 0.05) is 16.0 Å². The number of rotatable bonds is 3. The Morgan fingerprint density at radius 2 is 1.79 bits per heavy atom. The second-order valence-corrected chi connectivity index (χ2v) is 11.4. The van der Waals surface area contributed by atoms with Crippen LogP contribution in [-0.4, -0.2) is 42.3 Å². The van der Waals surface area contributed by atoms with Gasteiger partial charge in [-0.05, 0) is 54.8 Å². The van der Waals surface area contributed by atoms with Gasteiger partial charge in [-0.3, -0.25) is 4.79 Å². The first-order valence-electron chi connectivity index (χ1n) is 9.31. The van der Waals surface area contributed by atoms with Gasteiger partial charge in [0.2, 0.25) is 0 Å². The maximum atomic E-state index is 12.6. The van der Waals surface area contributed by atoms with Crippen molar-refractivity contribution in [1.82, 2.24) is 0 Å². The van der Waals surface area contributed by atoms with Crippen molar-refractivity contribution in [2.24, 2.45) is 4.99 Å². The fraction of sp³-hybridized carbons (Fsp3) is 0.333. The fourth-order valence-electron chi connectivity index (χ4n) is 3.88. The first-order chi connectivity index (χ1) is 13.7.